The van der Waals surface area contributed by atoms with E-state index in [2.05, 4.69) is 5.32 Å². The molecule has 0 unspecified atom stereocenters. The van der Waals surface area contributed by atoms with E-state index in [1.54, 1.807) is 24.3 Å². The second kappa shape index (κ2) is 9.01. The van der Waals surface area contributed by atoms with Crippen molar-refractivity contribution in [3.8, 4) is 5.75 Å². The highest BCUT2D eigenvalue weighted by Gasteiger charge is 2.16. The topological polar surface area (TPSA) is 67.9 Å². The molecule has 0 saturated carbocycles. The zero-order chi connectivity index (χ0) is 18.2. The van der Waals surface area contributed by atoms with Crippen molar-refractivity contribution in [1.29, 1.82) is 0 Å². The van der Waals surface area contributed by atoms with Crippen LogP contribution < -0.4 is 10.1 Å². The minimum absolute atomic E-state index is 0.0543. The van der Waals surface area contributed by atoms with E-state index in [1.165, 1.54) is 0 Å². The fraction of sp³-hybridized carbons (Fsp3) is 0.300. The molecule has 3 rings (SSSR count). The van der Waals surface area contributed by atoms with Gasteiger partial charge in [-0.25, -0.2) is 0 Å². The normalized spacial score (nSPS) is 13.9. The van der Waals surface area contributed by atoms with Crippen LogP contribution in [0.3, 0.4) is 0 Å². The molecule has 0 aliphatic carbocycles. The Morgan fingerprint density at radius 1 is 1.00 bits per heavy atom. The predicted octanol–water partition coefficient (Wildman–Crippen LogP) is 2.11. The number of amides is 2. The number of para-hydroxylation sites is 1. The fourth-order valence-corrected chi connectivity index (χ4v) is 2.67. The van der Waals surface area contributed by atoms with E-state index in [9.17, 15) is 9.59 Å². The molecule has 0 radical (unpaired) electrons. The minimum atomic E-state index is -0.231. The zero-order valence-corrected chi connectivity index (χ0v) is 14.5. The van der Waals surface area contributed by atoms with Gasteiger partial charge in [0, 0.05) is 18.8 Å². The Balaban J connectivity index is 1.46. The van der Waals surface area contributed by atoms with Gasteiger partial charge < -0.3 is 19.7 Å². The van der Waals surface area contributed by atoms with E-state index in [4.69, 9.17) is 9.47 Å². The first-order chi connectivity index (χ1) is 12.7. The van der Waals surface area contributed by atoms with E-state index in [1.807, 2.05) is 35.2 Å². The van der Waals surface area contributed by atoms with Crippen LogP contribution in [-0.4, -0.2) is 49.6 Å². The molecular formula is C20H22N2O4. The number of rotatable bonds is 6. The number of ether oxygens (including phenoxy) is 2. The Bertz CT molecular complexity index is 725. The molecule has 1 saturated heterocycles. The SMILES string of the molecule is O=C(COc1ccccc1)Nc1ccc(CC(=O)N2CCOCC2)cc1. The summed E-state index contributed by atoms with van der Waals surface area (Å²) in [6, 6.07) is 16.5. The number of carbonyl (C=O) groups is 2. The lowest BCUT2D eigenvalue weighted by molar-refractivity contribution is -0.134. The maximum atomic E-state index is 12.2. The predicted molar refractivity (Wildman–Crippen MR) is 98.1 cm³/mol. The van der Waals surface area contributed by atoms with E-state index in [0.717, 1.165) is 5.56 Å². The average Bonchev–Trinajstić information content (AvgIpc) is 2.69. The van der Waals surface area contributed by atoms with Crippen molar-refractivity contribution in [3.63, 3.8) is 0 Å². The van der Waals surface area contributed by atoms with Crippen molar-refractivity contribution < 1.29 is 19.1 Å². The zero-order valence-electron chi connectivity index (χ0n) is 14.5. The van der Waals surface area contributed by atoms with Gasteiger partial charge in [-0.05, 0) is 29.8 Å². The van der Waals surface area contributed by atoms with Crippen LogP contribution in [0, 0.1) is 0 Å². The molecule has 1 aliphatic heterocycles. The molecule has 6 heteroatoms. The number of nitrogens with zero attached hydrogens (tertiary/aromatic N) is 1. The van der Waals surface area contributed by atoms with E-state index in [-0.39, 0.29) is 18.4 Å². The molecule has 0 aromatic heterocycles. The third-order valence-electron chi connectivity index (χ3n) is 4.07. The van der Waals surface area contributed by atoms with E-state index >= 15 is 0 Å². The monoisotopic (exact) mass is 354 g/mol. The fourth-order valence-electron chi connectivity index (χ4n) is 2.67. The Morgan fingerprint density at radius 3 is 2.38 bits per heavy atom. The van der Waals surface area contributed by atoms with Crippen LogP contribution in [0.1, 0.15) is 5.56 Å². The summed E-state index contributed by atoms with van der Waals surface area (Å²) in [6.45, 7) is 2.44. The summed E-state index contributed by atoms with van der Waals surface area (Å²) < 4.78 is 10.7. The summed E-state index contributed by atoms with van der Waals surface area (Å²) in [7, 11) is 0. The number of benzene rings is 2. The number of hydrogen-bond acceptors (Lipinski definition) is 4. The molecule has 2 amide bonds. The molecule has 6 nitrogen and oxygen atoms in total. The van der Waals surface area contributed by atoms with Gasteiger partial charge in [0.15, 0.2) is 6.61 Å². The van der Waals surface area contributed by atoms with Crippen LogP contribution in [0.4, 0.5) is 5.69 Å². The standard InChI is InChI=1S/C20H22N2O4/c23-19(15-26-18-4-2-1-3-5-18)21-17-8-6-16(7-9-17)14-20(24)22-10-12-25-13-11-22/h1-9H,10-15H2,(H,21,23). The molecule has 0 atom stereocenters. The molecule has 1 aliphatic rings. The maximum absolute atomic E-state index is 12.2. The van der Waals surface area contributed by atoms with Crippen LogP contribution in [0.2, 0.25) is 0 Å². The summed E-state index contributed by atoms with van der Waals surface area (Å²) in [5, 5.41) is 2.78. The van der Waals surface area contributed by atoms with Crippen molar-refractivity contribution in [2.75, 3.05) is 38.2 Å². The maximum Gasteiger partial charge on any atom is 0.262 e. The number of nitrogens with one attached hydrogen (secondary N) is 1. The van der Waals surface area contributed by atoms with E-state index in [0.29, 0.717) is 44.2 Å². The van der Waals surface area contributed by atoms with Crippen molar-refractivity contribution in [2.45, 2.75) is 6.42 Å². The lowest BCUT2D eigenvalue weighted by Gasteiger charge is -2.26. The minimum Gasteiger partial charge on any atom is -0.484 e. The van der Waals surface area contributed by atoms with Crippen LogP contribution in [0.5, 0.6) is 5.75 Å². The average molecular weight is 354 g/mol. The first kappa shape index (κ1) is 17.9. The summed E-state index contributed by atoms with van der Waals surface area (Å²) in [6.07, 6.45) is 0.353. The molecule has 2 aromatic rings. The van der Waals surface area contributed by atoms with Crippen LogP contribution in [-0.2, 0) is 20.7 Å². The van der Waals surface area contributed by atoms with Crippen molar-refractivity contribution >= 4 is 17.5 Å². The Morgan fingerprint density at radius 2 is 1.69 bits per heavy atom. The van der Waals surface area contributed by atoms with Gasteiger partial charge in [0.2, 0.25) is 5.91 Å². The second-order valence-electron chi connectivity index (χ2n) is 6.02. The lowest BCUT2D eigenvalue weighted by Crippen LogP contribution is -2.41. The van der Waals surface area contributed by atoms with Gasteiger partial charge in [-0.3, -0.25) is 9.59 Å². The number of morpholine rings is 1. The number of hydrogen-bond donors (Lipinski definition) is 1. The quantitative estimate of drug-likeness (QED) is 0.863. The summed E-state index contributed by atoms with van der Waals surface area (Å²) >= 11 is 0. The summed E-state index contributed by atoms with van der Waals surface area (Å²) in [5.74, 6) is 0.520. The Kier molecular flexibility index (Phi) is 6.22. The van der Waals surface area contributed by atoms with Crippen molar-refractivity contribution in [3.05, 3.63) is 60.2 Å². The van der Waals surface area contributed by atoms with E-state index < -0.39 is 0 Å². The first-order valence-corrected chi connectivity index (χ1v) is 8.63. The van der Waals surface area contributed by atoms with Crippen molar-refractivity contribution in [2.24, 2.45) is 0 Å². The van der Waals surface area contributed by atoms with Gasteiger partial charge in [0.25, 0.3) is 5.91 Å². The molecule has 1 fully saturated rings. The van der Waals surface area contributed by atoms with Gasteiger partial charge in [-0.1, -0.05) is 30.3 Å². The summed E-state index contributed by atoms with van der Waals surface area (Å²) in [5.41, 5.74) is 1.59. The molecule has 26 heavy (non-hydrogen) atoms. The van der Waals surface area contributed by atoms with Crippen molar-refractivity contribution in [1.82, 2.24) is 4.90 Å². The molecule has 2 aromatic carbocycles. The van der Waals surface area contributed by atoms with Gasteiger partial charge in [0.05, 0.1) is 19.6 Å². The van der Waals surface area contributed by atoms with Gasteiger partial charge in [-0.2, -0.15) is 0 Å². The van der Waals surface area contributed by atoms with Gasteiger partial charge in [0.1, 0.15) is 5.75 Å². The first-order valence-electron chi connectivity index (χ1n) is 8.63. The molecule has 0 spiro atoms. The van der Waals surface area contributed by atoms with Crippen LogP contribution >= 0.6 is 0 Å². The lowest BCUT2D eigenvalue weighted by atomic mass is 10.1. The Labute approximate surface area is 152 Å². The smallest absolute Gasteiger partial charge is 0.262 e. The second-order valence-corrected chi connectivity index (χ2v) is 6.02. The van der Waals surface area contributed by atoms with Crippen LogP contribution in [0.15, 0.2) is 54.6 Å². The summed E-state index contributed by atoms with van der Waals surface area (Å²) in [4.78, 5) is 26.0. The highest BCUT2D eigenvalue weighted by Crippen LogP contribution is 2.12. The molecular weight excluding hydrogens is 332 g/mol. The third kappa shape index (κ3) is 5.32. The Hall–Kier alpha value is -2.86. The third-order valence-corrected chi connectivity index (χ3v) is 4.07. The number of anilines is 1. The highest BCUT2D eigenvalue weighted by molar-refractivity contribution is 5.92. The van der Waals surface area contributed by atoms with Gasteiger partial charge in [-0.15, -0.1) is 0 Å². The largest absolute Gasteiger partial charge is 0.484 e. The van der Waals surface area contributed by atoms with Crippen LogP contribution in [0.25, 0.3) is 0 Å². The molecule has 1 heterocycles. The number of carbonyl (C=O) groups excluding carboxylic acids is 2. The highest BCUT2D eigenvalue weighted by atomic mass is 16.5. The molecule has 1 N–H and O–H groups in total. The van der Waals surface area contributed by atoms with Gasteiger partial charge >= 0.3 is 0 Å². The molecule has 136 valence electrons. The molecule has 0 bridgehead atoms.